The quantitative estimate of drug-likeness (QED) is 0.875. The zero-order valence-corrected chi connectivity index (χ0v) is 12.9. The topological polar surface area (TPSA) is 42.4 Å². The van der Waals surface area contributed by atoms with Crippen molar-refractivity contribution in [3.63, 3.8) is 0 Å². The molecule has 3 heterocycles. The molecule has 6 heteroatoms. The van der Waals surface area contributed by atoms with E-state index in [-0.39, 0.29) is 12.0 Å². The molecule has 0 radical (unpaired) electrons. The summed E-state index contributed by atoms with van der Waals surface area (Å²) >= 11 is 3.17. The Labute approximate surface area is 126 Å². The van der Waals surface area contributed by atoms with Gasteiger partial charge in [0.1, 0.15) is 10.7 Å². The fourth-order valence-corrected chi connectivity index (χ4v) is 3.81. The molecule has 1 saturated heterocycles. The van der Waals surface area contributed by atoms with E-state index in [0.29, 0.717) is 25.4 Å². The molecule has 0 aliphatic carbocycles. The molecule has 0 N–H and O–H groups in total. The van der Waals surface area contributed by atoms with E-state index in [2.05, 4.69) is 11.9 Å². The molecule has 1 fully saturated rings. The van der Waals surface area contributed by atoms with Crippen LogP contribution in [0.5, 0.6) is 0 Å². The fraction of sp³-hybridized carbons (Fsp3) is 0.429. The van der Waals surface area contributed by atoms with E-state index >= 15 is 0 Å². The first-order chi connectivity index (χ1) is 9.78. The van der Waals surface area contributed by atoms with Crippen LogP contribution >= 0.6 is 22.7 Å². The van der Waals surface area contributed by atoms with Gasteiger partial charge in [-0.2, -0.15) is 0 Å². The third-order valence-corrected chi connectivity index (χ3v) is 5.22. The van der Waals surface area contributed by atoms with Crippen LogP contribution in [0, 0.1) is 0 Å². The summed E-state index contributed by atoms with van der Waals surface area (Å²) in [6.45, 7) is 4.02. The number of rotatable bonds is 3. The predicted octanol–water partition coefficient (Wildman–Crippen LogP) is 3.12. The molecule has 0 aromatic carbocycles. The lowest BCUT2D eigenvalue weighted by Gasteiger charge is -2.32. The summed E-state index contributed by atoms with van der Waals surface area (Å²) in [4.78, 5) is 19.9. The van der Waals surface area contributed by atoms with E-state index in [1.807, 2.05) is 27.8 Å². The lowest BCUT2D eigenvalue weighted by Crippen LogP contribution is -2.45. The Hall–Kier alpha value is -1.24. The van der Waals surface area contributed by atoms with Crippen LogP contribution in [0.2, 0.25) is 0 Å². The smallest absolute Gasteiger partial charge is 0.273 e. The maximum Gasteiger partial charge on any atom is 0.273 e. The van der Waals surface area contributed by atoms with E-state index in [1.165, 1.54) is 11.3 Å². The molecule has 0 spiro atoms. The molecule has 20 heavy (non-hydrogen) atoms. The van der Waals surface area contributed by atoms with Crippen molar-refractivity contribution in [2.24, 2.45) is 0 Å². The van der Waals surface area contributed by atoms with Crippen LogP contribution in [0.15, 0.2) is 22.9 Å². The first kappa shape index (κ1) is 13.7. The Morgan fingerprint density at radius 3 is 3.20 bits per heavy atom. The summed E-state index contributed by atoms with van der Waals surface area (Å²) in [5.74, 6) is 0.0193. The van der Waals surface area contributed by atoms with Crippen LogP contribution in [0.25, 0.3) is 9.88 Å². The van der Waals surface area contributed by atoms with Crippen molar-refractivity contribution in [1.82, 2.24) is 9.88 Å². The third-order valence-electron chi connectivity index (χ3n) is 3.34. The average Bonchev–Trinajstić information content (AvgIpc) is 3.17. The summed E-state index contributed by atoms with van der Waals surface area (Å²) in [5, 5.41) is 4.79. The summed E-state index contributed by atoms with van der Waals surface area (Å²) in [6.07, 6.45) is 1.09. The third kappa shape index (κ3) is 2.77. The highest BCUT2D eigenvalue weighted by molar-refractivity contribution is 7.20. The first-order valence-corrected chi connectivity index (χ1v) is 8.44. The molecule has 1 aliphatic rings. The minimum Gasteiger partial charge on any atom is -0.375 e. The summed E-state index contributed by atoms with van der Waals surface area (Å²) in [6, 6.07) is 4.02. The molecular formula is C14H16N2O2S2. The number of ether oxygens (including phenoxy) is 1. The van der Waals surface area contributed by atoms with Gasteiger partial charge in [0.25, 0.3) is 5.91 Å². The van der Waals surface area contributed by atoms with Crippen molar-refractivity contribution in [3.05, 3.63) is 28.6 Å². The standard InChI is InChI=1S/C14H16N2O2S2/c1-2-10-8-16(5-6-18-10)14(17)11-9-20-13(15-11)12-4-3-7-19-12/h3-4,7,9-10H,2,5-6,8H2,1H3. The average molecular weight is 308 g/mol. The van der Waals surface area contributed by atoms with E-state index < -0.39 is 0 Å². The van der Waals surface area contributed by atoms with Gasteiger partial charge in [0.2, 0.25) is 0 Å². The molecule has 1 atom stereocenters. The molecule has 2 aromatic rings. The molecule has 2 aromatic heterocycles. The Morgan fingerprint density at radius 2 is 2.45 bits per heavy atom. The van der Waals surface area contributed by atoms with Gasteiger partial charge in [-0.15, -0.1) is 22.7 Å². The molecule has 3 rings (SSSR count). The molecule has 1 aliphatic heterocycles. The Kier molecular flexibility index (Phi) is 4.14. The Bertz CT molecular complexity index is 580. The number of carbonyl (C=O) groups is 1. The van der Waals surface area contributed by atoms with Gasteiger partial charge in [0.05, 0.1) is 17.6 Å². The van der Waals surface area contributed by atoms with Crippen LogP contribution in [0.1, 0.15) is 23.8 Å². The molecule has 1 amide bonds. The molecule has 0 bridgehead atoms. The Balaban J connectivity index is 1.74. The number of aromatic nitrogens is 1. The molecular weight excluding hydrogens is 292 g/mol. The van der Waals surface area contributed by atoms with Gasteiger partial charge in [-0.05, 0) is 17.9 Å². The van der Waals surface area contributed by atoms with Crippen molar-refractivity contribution in [3.8, 4) is 9.88 Å². The second-order valence-electron chi connectivity index (χ2n) is 4.67. The number of thiazole rings is 1. The van der Waals surface area contributed by atoms with Crippen molar-refractivity contribution >= 4 is 28.6 Å². The molecule has 106 valence electrons. The van der Waals surface area contributed by atoms with Gasteiger partial charge in [-0.25, -0.2) is 4.98 Å². The number of morpholine rings is 1. The van der Waals surface area contributed by atoms with Crippen LogP contribution in [-0.2, 0) is 4.74 Å². The number of carbonyl (C=O) groups excluding carboxylic acids is 1. The zero-order valence-electron chi connectivity index (χ0n) is 11.2. The minimum absolute atomic E-state index is 0.0193. The number of nitrogens with zero attached hydrogens (tertiary/aromatic N) is 2. The van der Waals surface area contributed by atoms with Crippen LogP contribution in [0.4, 0.5) is 0 Å². The second kappa shape index (κ2) is 6.03. The van der Waals surface area contributed by atoms with Crippen LogP contribution < -0.4 is 0 Å². The summed E-state index contributed by atoms with van der Waals surface area (Å²) < 4.78 is 5.60. The maximum atomic E-state index is 12.5. The van der Waals surface area contributed by atoms with E-state index in [4.69, 9.17) is 4.74 Å². The number of hydrogen-bond acceptors (Lipinski definition) is 5. The largest absolute Gasteiger partial charge is 0.375 e. The van der Waals surface area contributed by atoms with Gasteiger partial charge >= 0.3 is 0 Å². The van der Waals surface area contributed by atoms with E-state index in [9.17, 15) is 4.79 Å². The lowest BCUT2D eigenvalue weighted by atomic mass is 10.2. The Morgan fingerprint density at radius 1 is 1.55 bits per heavy atom. The van der Waals surface area contributed by atoms with Gasteiger partial charge < -0.3 is 9.64 Å². The van der Waals surface area contributed by atoms with E-state index in [0.717, 1.165) is 16.3 Å². The van der Waals surface area contributed by atoms with Crippen molar-refractivity contribution in [1.29, 1.82) is 0 Å². The fourth-order valence-electron chi connectivity index (χ4n) is 2.20. The monoisotopic (exact) mass is 308 g/mol. The van der Waals surface area contributed by atoms with Crippen molar-refractivity contribution in [2.75, 3.05) is 19.7 Å². The van der Waals surface area contributed by atoms with Gasteiger partial charge in [0.15, 0.2) is 0 Å². The highest BCUT2D eigenvalue weighted by Gasteiger charge is 2.25. The number of hydrogen-bond donors (Lipinski definition) is 0. The van der Waals surface area contributed by atoms with E-state index in [1.54, 1.807) is 11.3 Å². The first-order valence-electron chi connectivity index (χ1n) is 6.68. The van der Waals surface area contributed by atoms with Gasteiger partial charge in [-0.1, -0.05) is 13.0 Å². The maximum absolute atomic E-state index is 12.5. The minimum atomic E-state index is 0.0193. The summed E-state index contributed by atoms with van der Waals surface area (Å²) in [7, 11) is 0. The van der Waals surface area contributed by atoms with Crippen molar-refractivity contribution in [2.45, 2.75) is 19.4 Å². The van der Waals surface area contributed by atoms with Crippen LogP contribution in [-0.4, -0.2) is 41.6 Å². The lowest BCUT2D eigenvalue weighted by molar-refractivity contribution is -0.0227. The highest BCUT2D eigenvalue weighted by atomic mass is 32.1. The molecule has 0 saturated carbocycles. The van der Waals surface area contributed by atoms with Crippen LogP contribution in [0.3, 0.4) is 0 Å². The number of thiophene rings is 1. The van der Waals surface area contributed by atoms with Gasteiger partial charge in [-0.3, -0.25) is 4.79 Å². The zero-order chi connectivity index (χ0) is 13.9. The van der Waals surface area contributed by atoms with Gasteiger partial charge in [0, 0.05) is 18.5 Å². The molecule has 1 unspecified atom stereocenters. The predicted molar refractivity (Wildman–Crippen MR) is 81.4 cm³/mol. The normalized spacial score (nSPS) is 19.2. The molecule has 4 nitrogen and oxygen atoms in total. The number of amides is 1. The second-order valence-corrected chi connectivity index (χ2v) is 6.47. The summed E-state index contributed by atoms with van der Waals surface area (Å²) in [5.41, 5.74) is 0.551. The van der Waals surface area contributed by atoms with Crippen molar-refractivity contribution < 1.29 is 9.53 Å². The SMILES string of the molecule is CCC1CN(C(=O)c2csc(-c3cccs3)n2)CCO1. The highest BCUT2D eigenvalue weighted by Crippen LogP contribution is 2.28.